The number of anilines is 1. The molecule has 0 radical (unpaired) electrons. The Kier molecular flexibility index (Phi) is 6.57. The summed E-state index contributed by atoms with van der Waals surface area (Å²) in [5, 5.41) is 13.6. The van der Waals surface area contributed by atoms with E-state index in [1.54, 1.807) is 18.2 Å². The third kappa shape index (κ3) is 4.76. The Morgan fingerprint density at radius 1 is 0.923 bits per heavy atom. The molecule has 3 aromatic carbocycles. The van der Waals surface area contributed by atoms with Crippen LogP contribution in [0.2, 0.25) is 0 Å². The van der Waals surface area contributed by atoms with Crippen LogP contribution in [0.4, 0.5) is 5.69 Å². The highest BCUT2D eigenvalue weighted by molar-refractivity contribution is 5.87. The molecule has 39 heavy (non-hydrogen) atoms. The summed E-state index contributed by atoms with van der Waals surface area (Å²) in [6, 6.07) is 28.7. The average Bonchev–Trinajstić information content (AvgIpc) is 2.98. The molecule has 2 aliphatic rings. The second-order valence-electron chi connectivity index (χ2n) is 9.58. The van der Waals surface area contributed by atoms with Gasteiger partial charge in [0.05, 0.1) is 23.4 Å². The van der Waals surface area contributed by atoms with Gasteiger partial charge in [-0.3, -0.25) is 15.0 Å². The van der Waals surface area contributed by atoms with E-state index in [0.29, 0.717) is 16.7 Å². The van der Waals surface area contributed by atoms with Gasteiger partial charge < -0.3 is 14.1 Å². The predicted molar refractivity (Wildman–Crippen MR) is 147 cm³/mol. The second kappa shape index (κ2) is 10.5. The number of nitrogens with zero attached hydrogens (tertiary/aromatic N) is 3. The maximum Gasteiger partial charge on any atom is 0.344 e. The number of benzene rings is 3. The first-order valence-electron chi connectivity index (χ1n) is 12.9. The first-order valence-corrected chi connectivity index (χ1v) is 12.9. The Balaban J connectivity index is 1.28. The molecule has 1 amide bonds. The van der Waals surface area contributed by atoms with E-state index in [4.69, 9.17) is 9.15 Å². The van der Waals surface area contributed by atoms with Crippen molar-refractivity contribution in [3.63, 3.8) is 0 Å². The number of para-hydroxylation sites is 2. The lowest BCUT2D eigenvalue weighted by atomic mass is 9.84. The molecule has 4 aromatic rings. The van der Waals surface area contributed by atoms with Crippen molar-refractivity contribution >= 4 is 22.6 Å². The monoisotopic (exact) mass is 518 g/mol. The van der Waals surface area contributed by atoms with Gasteiger partial charge in [0.15, 0.2) is 5.75 Å². The van der Waals surface area contributed by atoms with Crippen molar-refractivity contribution in [2.24, 2.45) is 0 Å². The highest BCUT2D eigenvalue weighted by Crippen LogP contribution is 2.43. The standard InChI is InChI=1S/C31H26N4O4/c32-19-24-27(21-9-3-1-4-10-21)28-29(23-13-7-8-14-25(23)38-31(28)37)39-30(24)33-26(36)20-34-15-17-35(18-16-34)22-11-5-2-6-12-22/h1-14,27H,15-18,20H2,(H,33,36). The Morgan fingerprint density at radius 3 is 2.31 bits per heavy atom. The van der Waals surface area contributed by atoms with Gasteiger partial charge in [0, 0.05) is 31.9 Å². The SMILES string of the molecule is N#CC1=C(NC(=O)CN2CCN(c3ccccc3)CC2)Oc2c(c(=O)oc3ccccc23)C1c1ccccc1. The van der Waals surface area contributed by atoms with E-state index in [-0.39, 0.29) is 29.5 Å². The molecule has 1 saturated heterocycles. The van der Waals surface area contributed by atoms with Gasteiger partial charge >= 0.3 is 5.63 Å². The molecule has 2 aliphatic heterocycles. The van der Waals surface area contributed by atoms with Crippen molar-refractivity contribution in [3.8, 4) is 11.8 Å². The van der Waals surface area contributed by atoms with Crippen LogP contribution in [-0.4, -0.2) is 43.5 Å². The smallest absolute Gasteiger partial charge is 0.344 e. The van der Waals surface area contributed by atoms with Crippen molar-refractivity contribution < 1.29 is 13.9 Å². The summed E-state index contributed by atoms with van der Waals surface area (Å²) in [6.07, 6.45) is 0. The molecule has 0 spiro atoms. The molecular formula is C31H26N4O4. The molecule has 1 unspecified atom stereocenters. The molecule has 6 rings (SSSR count). The fourth-order valence-electron chi connectivity index (χ4n) is 5.29. The minimum atomic E-state index is -0.745. The number of ether oxygens (including phenoxy) is 1. The number of nitriles is 1. The van der Waals surface area contributed by atoms with Crippen LogP contribution >= 0.6 is 0 Å². The van der Waals surface area contributed by atoms with Crippen LogP contribution in [-0.2, 0) is 4.79 Å². The zero-order valence-electron chi connectivity index (χ0n) is 21.2. The molecular weight excluding hydrogens is 492 g/mol. The van der Waals surface area contributed by atoms with Gasteiger partial charge in [0.1, 0.15) is 17.2 Å². The Labute approximate surface area is 225 Å². The van der Waals surface area contributed by atoms with Crippen LogP contribution in [0.15, 0.2) is 106 Å². The number of carbonyl (C=O) groups excluding carboxylic acids is 1. The summed E-state index contributed by atoms with van der Waals surface area (Å²) in [5.41, 5.74) is 2.08. The number of piperazine rings is 1. The van der Waals surface area contributed by atoms with Crippen molar-refractivity contribution in [2.75, 3.05) is 37.6 Å². The molecule has 0 bridgehead atoms. The Morgan fingerprint density at radius 2 is 1.59 bits per heavy atom. The summed E-state index contributed by atoms with van der Waals surface area (Å²) in [6.45, 7) is 3.24. The van der Waals surface area contributed by atoms with E-state index >= 15 is 0 Å². The Bertz CT molecular complexity index is 1650. The van der Waals surface area contributed by atoms with Crippen molar-refractivity contribution in [1.82, 2.24) is 10.2 Å². The molecule has 1 aromatic heterocycles. The van der Waals surface area contributed by atoms with Crippen LogP contribution in [0.1, 0.15) is 17.0 Å². The molecule has 1 fully saturated rings. The fourth-order valence-corrected chi connectivity index (χ4v) is 5.29. The van der Waals surface area contributed by atoms with Gasteiger partial charge in [-0.1, -0.05) is 60.7 Å². The van der Waals surface area contributed by atoms with E-state index in [1.807, 2.05) is 54.6 Å². The lowest BCUT2D eigenvalue weighted by Gasteiger charge is -2.35. The molecule has 1 atom stereocenters. The zero-order valence-corrected chi connectivity index (χ0v) is 21.2. The van der Waals surface area contributed by atoms with E-state index in [9.17, 15) is 14.9 Å². The highest BCUT2D eigenvalue weighted by Gasteiger charge is 2.37. The number of hydrogen-bond donors (Lipinski definition) is 1. The third-order valence-electron chi connectivity index (χ3n) is 7.19. The number of allylic oxidation sites excluding steroid dienone is 1. The minimum absolute atomic E-state index is 0.0440. The quantitative estimate of drug-likeness (QED) is 0.399. The number of fused-ring (bicyclic) bond motifs is 3. The van der Waals surface area contributed by atoms with Gasteiger partial charge in [-0.25, -0.2) is 4.79 Å². The summed E-state index contributed by atoms with van der Waals surface area (Å²) >= 11 is 0. The summed E-state index contributed by atoms with van der Waals surface area (Å²) in [5.74, 6) is -0.692. The van der Waals surface area contributed by atoms with Gasteiger partial charge in [-0.2, -0.15) is 5.26 Å². The largest absolute Gasteiger partial charge is 0.438 e. The molecule has 8 nitrogen and oxygen atoms in total. The van der Waals surface area contributed by atoms with Crippen molar-refractivity contribution in [3.05, 3.63) is 118 Å². The third-order valence-corrected chi connectivity index (χ3v) is 7.19. The predicted octanol–water partition coefficient (Wildman–Crippen LogP) is 3.99. The molecule has 3 heterocycles. The number of nitrogens with one attached hydrogen (secondary N) is 1. The van der Waals surface area contributed by atoms with Crippen LogP contribution < -0.4 is 20.6 Å². The molecule has 0 aliphatic carbocycles. The Hall–Kier alpha value is -4.87. The summed E-state index contributed by atoms with van der Waals surface area (Å²) in [7, 11) is 0. The first kappa shape index (κ1) is 24.5. The van der Waals surface area contributed by atoms with Crippen LogP contribution in [0.5, 0.6) is 5.75 Å². The number of hydrogen-bond acceptors (Lipinski definition) is 7. The molecule has 0 saturated carbocycles. The van der Waals surface area contributed by atoms with Gasteiger partial charge in [0.25, 0.3) is 0 Å². The van der Waals surface area contributed by atoms with E-state index < -0.39 is 11.5 Å². The summed E-state index contributed by atoms with van der Waals surface area (Å²) < 4.78 is 11.8. The normalized spacial score (nSPS) is 17.3. The average molecular weight is 519 g/mol. The van der Waals surface area contributed by atoms with Crippen LogP contribution in [0.3, 0.4) is 0 Å². The first-order chi connectivity index (χ1) is 19.1. The molecule has 8 heteroatoms. The molecule has 194 valence electrons. The van der Waals surface area contributed by atoms with Gasteiger partial charge in [0.2, 0.25) is 11.8 Å². The zero-order chi connectivity index (χ0) is 26.8. The van der Waals surface area contributed by atoms with Crippen LogP contribution in [0, 0.1) is 11.3 Å². The lowest BCUT2D eigenvalue weighted by Crippen LogP contribution is -2.49. The molecule has 1 N–H and O–H groups in total. The lowest BCUT2D eigenvalue weighted by molar-refractivity contribution is -0.122. The van der Waals surface area contributed by atoms with Crippen LogP contribution in [0.25, 0.3) is 11.0 Å². The van der Waals surface area contributed by atoms with E-state index in [2.05, 4.69) is 33.3 Å². The minimum Gasteiger partial charge on any atom is -0.438 e. The second-order valence-corrected chi connectivity index (χ2v) is 9.58. The fraction of sp³-hybridized carbons (Fsp3) is 0.194. The maximum absolute atomic E-state index is 13.2. The number of carbonyl (C=O) groups is 1. The van der Waals surface area contributed by atoms with Gasteiger partial charge in [-0.05, 0) is 29.8 Å². The topological polar surface area (TPSA) is 98.8 Å². The van der Waals surface area contributed by atoms with Crippen molar-refractivity contribution in [2.45, 2.75) is 5.92 Å². The van der Waals surface area contributed by atoms with Crippen molar-refractivity contribution in [1.29, 1.82) is 5.26 Å². The van der Waals surface area contributed by atoms with Gasteiger partial charge in [-0.15, -0.1) is 0 Å². The maximum atomic E-state index is 13.2. The number of amides is 1. The van der Waals surface area contributed by atoms with E-state index in [1.165, 1.54) is 5.69 Å². The van der Waals surface area contributed by atoms with E-state index in [0.717, 1.165) is 31.7 Å². The highest BCUT2D eigenvalue weighted by atomic mass is 16.5. The number of rotatable bonds is 5. The summed E-state index contributed by atoms with van der Waals surface area (Å²) in [4.78, 5) is 30.8.